The lowest BCUT2D eigenvalue weighted by atomic mass is 10.0. The highest BCUT2D eigenvalue weighted by Gasteiger charge is 2.20. The molecule has 0 aliphatic carbocycles. The minimum Gasteiger partial charge on any atom is -0.384 e. The van der Waals surface area contributed by atoms with Crippen LogP contribution in [0.2, 0.25) is 0 Å². The summed E-state index contributed by atoms with van der Waals surface area (Å²) in [5.74, 6) is 0.595. The van der Waals surface area contributed by atoms with E-state index in [4.69, 9.17) is 16.6 Å². The van der Waals surface area contributed by atoms with E-state index in [9.17, 15) is 8.42 Å². The molecule has 0 spiro atoms. The van der Waals surface area contributed by atoms with Crippen molar-refractivity contribution in [3.8, 4) is 0 Å². The molecular formula is C26H34Cl2N6O2S. The van der Waals surface area contributed by atoms with E-state index in [0.29, 0.717) is 17.1 Å². The van der Waals surface area contributed by atoms with Gasteiger partial charge in [0.05, 0.1) is 24.3 Å². The van der Waals surface area contributed by atoms with Crippen LogP contribution in [0.4, 0.5) is 11.4 Å². The van der Waals surface area contributed by atoms with Crippen LogP contribution in [0.25, 0.3) is 10.8 Å². The highest BCUT2D eigenvalue weighted by molar-refractivity contribution is 7.92. The molecule has 3 aromatic rings. The summed E-state index contributed by atoms with van der Waals surface area (Å²) in [6.45, 7) is 5.44. The van der Waals surface area contributed by atoms with E-state index in [0.717, 1.165) is 54.6 Å². The molecular weight excluding hydrogens is 531 g/mol. The van der Waals surface area contributed by atoms with Gasteiger partial charge in [-0.3, -0.25) is 15.1 Å². The molecule has 1 aliphatic heterocycles. The van der Waals surface area contributed by atoms with Gasteiger partial charge in [-0.25, -0.2) is 8.42 Å². The minimum atomic E-state index is -3.52. The molecule has 8 nitrogen and oxygen atoms in total. The maximum absolute atomic E-state index is 12.7. The van der Waals surface area contributed by atoms with E-state index < -0.39 is 10.0 Å². The number of benzene rings is 3. The molecule has 0 radical (unpaired) electrons. The maximum atomic E-state index is 12.7. The zero-order valence-electron chi connectivity index (χ0n) is 21.0. The topological polar surface area (TPSA) is 118 Å². The van der Waals surface area contributed by atoms with Crippen molar-refractivity contribution < 1.29 is 8.42 Å². The molecule has 0 saturated carbocycles. The first-order valence-corrected chi connectivity index (χ1v) is 13.5. The third kappa shape index (κ3) is 7.28. The van der Waals surface area contributed by atoms with Crippen LogP contribution in [0, 0.1) is 10.8 Å². The van der Waals surface area contributed by atoms with Crippen molar-refractivity contribution in [3.63, 3.8) is 0 Å². The van der Waals surface area contributed by atoms with Crippen molar-refractivity contribution in [1.82, 2.24) is 4.90 Å². The number of rotatable bonds is 6. The Kier molecular flexibility index (Phi) is 10.2. The number of nitrogen functional groups attached to an aromatic ring is 1. The van der Waals surface area contributed by atoms with Crippen LogP contribution in [0.1, 0.15) is 24.5 Å². The lowest BCUT2D eigenvalue weighted by molar-refractivity contribution is 0.443. The summed E-state index contributed by atoms with van der Waals surface area (Å²) < 4.78 is 26.9. The van der Waals surface area contributed by atoms with Gasteiger partial charge in [-0.05, 0) is 66.1 Å². The van der Waals surface area contributed by atoms with Crippen molar-refractivity contribution in [2.75, 3.05) is 41.6 Å². The molecule has 200 valence electrons. The third-order valence-electron chi connectivity index (χ3n) is 6.42. The first-order valence-electron chi connectivity index (χ1n) is 11.6. The molecule has 37 heavy (non-hydrogen) atoms. The predicted molar refractivity (Wildman–Crippen MR) is 159 cm³/mol. The zero-order valence-corrected chi connectivity index (χ0v) is 23.4. The summed E-state index contributed by atoms with van der Waals surface area (Å²) in [6.07, 6.45) is 2.19. The zero-order chi connectivity index (χ0) is 25.2. The normalized spacial score (nSPS) is 13.8. The number of nitrogens with zero attached hydrogens (tertiary/aromatic N) is 3. The molecule has 0 aromatic heterocycles. The summed E-state index contributed by atoms with van der Waals surface area (Å²) >= 11 is 0. The van der Waals surface area contributed by atoms with E-state index in [-0.39, 0.29) is 37.2 Å². The SMILES string of the molecule is CC(=N)N1CCCN(c2ccc(N(Cc3ccc4ccc(C(=N)N)cc4c3)S(C)(=O)=O)cc2)CC1.Cl.Cl. The van der Waals surface area contributed by atoms with Crippen molar-refractivity contribution in [2.45, 2.75) is 19.9 Å². The van der Waals surface area contributed by atoms with Gasteiger partial charge in [-0.2, -0.15) is 0 Å². The van der Waals surface area contributed by atoms with Gasteiger partial charge in [-0.1, -0.05) is 24.3 Å². The van der Waals surface area contributed by atoms with Crippen molar-refractivity contribution >= 4 is 68.7 Å². The Bertz CT molecular complexity index is 1370. The van der Waals surface area contributed by atoms with Crippen LogP contribution < -0.4 is 14.9 Å². The second-order valence-electron chi connectivity index (χ2n) is 9.01. The molecule has 0 atom stereocenters. The number of anilines is 2. The monoisotopic (exact) mass is 564 g/mol. The number of hydrogen-bond donors (Lipinski definition) is 3. The second kappa shape index (κ2) is 12.5. The minimum absolute atomic E-state index is 0. The first kappa shape index (κ1) is 30.2. The number of amidine groups is 2. The summed E-state index contributed by atoms with van der Waals surface area (Å²) in [4.78, 5) is 4.37. The number of hydrogen-bond acceptors (Lipinski definition) is 5. The van der Waals surface area contributed by atoms with Crippen LogP contribution in [-0.2, 0) is 16.6 Å². The van der Waals surface area contributed by atoms with Crippen LogP contribution in [0.3, 0.4) is 0 Å². The van der Waals surface area contributed by atoms with E-state index in [1.54, 1.807) is 0 Å². The Morgan fingerprint density at radius 1 is 0.919 bits per heavy atom. The van der Waals surface area contributed by atoms with E-state index in [2.05, 4.69) is 9.80 Å². The Morgan fingerprint density at radius 2 is 1.59 bits per heavy atom. The molecule has 4 N–H and O–H groups in total. The molecule has 4 rings (SSSR count). The van der Waals surface area contributed by atoms with Crippen LogP contribution in [-0.4, -0.2) is 57.4 Å². The fraction of sp³-hybridized carbons (Fsp3) is 0.308. The van der Waals surface area contributed by atoms with Crippen molar-refractivity contribution in [3.05, 3.63) is 71.8 Å². The molecule has 1 aliphatic rings. The highest BCUT2D eigenvalue weighted by atomic mass is 35.5. The fourth-order valence-corrected chi connectivity index (χ4v) is 5.36. The number of nitrogens with two attached hydrogens (primary N) is 1. The van der Waals surface area contributed by atoms with Gasteiger partial charge in [0.2, 0.25) is 10.0 Å². The van der Waals surface area contributed by atoms with E-state index in [1.165, 1.54) is 10.6 Å². The largest absolute Gasteiger partial charge is 0.384 e. The van der Waals surface area contributed by atoms with Crippen LogP contribution in [0.15, 0.2) is 60.7 Å². The molecule has 11 heteroatoms. The lowest BCUT2D eigenvalue weighted by Crippen LogP contribution is -2.33. The summed E-state index contributed by atoms with van der Waals surface area (Å²) in [7, 11) is -3.52. The van der Waals surface area contributed by atoms with Crippen LogP contribution >= 0.6 is 24.8 Å². The molecule has 1 saturated heterocycles. The Balaban J connectivity index is 0.00000241. The van der Waals surface area contributed by atoms with Gasteiger partial charge < -0.3 is 15.5 Å². The molecule has 0 amide bonds. The summed E-state index contributed by atoms with van der Waals surface area (Å²) in [5.41, 5.74) is 8.78. The van der Waals surface area contributed by atoms with E-state index >= 15 is 0 Å². The molecule has 0 bridgehead atoms. The number of sulfonamides is 1. The standard InChI is InChI=1S/C26H32N6O2S.2ClH/c1-19(27)30-12-3-13-31(15-14-30)24-8-10-25(11-9-24)32(35(2,33)34)18-20-4-5-21-6-7-22(26(28)29)17-23(21)16-20;;/h4-11,16-17,27H,3,12-15,18H2,1-2H3,(H3,28,29);2*1H. The van der Waals surface area contributed by atoms with Crippen LogP contribution in [0.5, 0.6) is 0 Å². The van der Waals surface area contributed by atoms with Gasteiger partial charge in [0.1, 0.15) is 5.84 Å². The lowest BCUT2D eigenvalue weighted by Gasteiger charge is -2.26. The van der Waals surface area contributed by atoms with Crippen molar-refractivity contribution in [1.29, 1.82) is 10.8 Å². The van der Waals surface area contributed by atoms with Gasteiger partial charge in [0, 0.05) is 37.4 Å². The quantitative estimate of drug-likeness (QED) is 0.302. The van der Waals surface area contributed by atoms with Gasteiger partial charge in [0.25, 0.3) is 0 Å². The second-order valence-corrected chi connectivity index (χ2v) is 10.9. The number of fused-ring (bicyclic) bond motifs is 1. The Morgan fingerprint density at radius 3 is 2.22 bits per heavy atom. The predicted octanol–water partition coefficient (Wildman–Crippen LogP) is 4.44. The van der Waals surface area contributed by atoms with Crippen molar-refractivity contribution in [2.24, 2.45) is 5.73 Å². The average molecular weight is 566 g/mol. The first-order chi connectivity index (χ1) is 16.6. The highest BCUT2D eigenvalue weighted by Crippen LogP contribution is 2.26. The molecule has 3 aromatic carbocycles. The smallest absolute Gasteiger partial charge is 0.232 e. The molecule has 1 heterocycles. The van der Waals surface area contributed by atoms with E-state index in [1.807, 2.05) is 67.6 Å². The number of nitrogens with one attached hydrogen (secondary N) is 2. The average Bonchev–Trinajstić information content (AvgIpc) is 3.08. The van der Waals surface area contributed by atoms with Gasteiger partial charge in [-0.15, -0.1) is 24.8 Å². The van der Waals surface area contributed by atoms with Gasteiger partial charge in [0.15, 0.2) is 0 Å². The number of halogens is 2. The fourth-order valence-electron chi connectivity index (χ4n) is 4.47. The third-order valence-corrected chi connectivity index (χ3v) is 7.56. The maximum Gasteiger partial charge on any atom is 0.232 e. The summed E-state index contributed by atoms with van der Waals surface area (Å²) in [5, 5.41) is 17.5. The summed E-state index contributed by atoms with van der Waals surface area (Å²) in [6, 6.07) is 19.1. The Hall–Kier alpha value is -3.01. The van der Waals surface area contributed by atoms with Gasteiger partial charge >= 0.3 is 0 Å². The Labute approximate surface area is 231 Å². The molecule has 0 unspecified atom stereocenters. The molecule has 1 fully saturated rings.